The Bertz CT molecular complexity index is 619. The van der Waals surface area contributed by atoms with Crippen LogP contribution in [0.1, 0.15) is 49.9 Å². The van der Waals surface area contributed by atoms with Gasteiger partial charge in [0.15, 0.2) is 0 Å². The molecular weight excluding hydrogens is 328 g/mol. The van der Waals surface area contributed by atoms with Crippen molar-refractivity contribution < 1.29 is 9.59 Å². The van der Waals surface area contributed by atoms with E-state index in [2.05, 4.69) is 23.7 Å². The molecule has 0 aliphatic carbocycles. The summed E-state index contributed by atoms with van der Waals surface area (Å²) in [5, 5.41) is 0. The summed E-state index contributed by atoms with van der Waals surface area (Å²) >= 11 is 0. The maximum Gasteiger partial charge on any atom is 0.255 e. The van der Waals surface area contributed by atoms with E-state index >= 15 is 0 Å². The first-order valence-corrected chi connectivity index (χ1v) is 9.90. The quantitative estimate of drug-likeness (QED) is 0.784. The largest absolute Gasteiger partial charge is 0.357 e. The van der Waals surface area contributed by atoms with Gasteiger partial charge in [-0.15, -0.1) is 0 Å². The van der Waals surface area contributed by atoms with Crippen LogP contribution in [0.5, 0.6) is 0 Å². The van der Waals surface area contributed by atoms with Crippen molar-refractivity contribution in [1.29, 1.82) is 0 Å². The minimum Gasteiger partial charge on any atom is -0.357 e. The van der Waals surface area contributed by atoms with Crippen LogP contribution >= 0.6 is 0 Å². The van der Waals surface area contributed by atoms with Crippen molar-refractivity contribution in [2.75, 3.05) is 44.2 Å². The Kier molecular flexibility index (Phi) is 6.12. The second-order valence-corrected chi connectivity index (χ2v) is 7.26. The highest BCUT2D eigenvalue weighted by molar-refractivity contribution is 5.94. The number of anilines is 1. The predicted octanol–water partition coefficient (Wildman–Crippen LogP) is 2.40. The Morgan fingerprint density at radius 3 is 2.46 bits per heavy atom. The molecule has 3 rings (SSSR count). The van der Waals surface area contributed by atoms with E-state index in [1.54, 1.807) is 6.20 Å². The van der Waals surface area contributed by atoms with Gasteiger partial charge in [-0.3, -0.25) is 9.59 Å². The smallest absolute Gasteiger partial charge is 0.255 e. The summed E-state index contributed by atoms with van der Waals surface area (Å²) in [5.41, 5.74) is 0.661. The minimum atomic E-state index is 0.0688. The highest BCUT2D eigenvalue weighted by atomic mass is 16.2. The fourth-order valence-corrected chi connectivity index (χ4v) is 3.96. The number of piperidine rings is 1. The molecule has 6 nitrogen and oxygen atoms in total. The van der Waals surface area contributed by atoms with Crippen LogP contribution in [0.25, 0.3) is 0 Å². The molecule has 0 saturated carbocycles. The lowest BCUT2D eigenvalue weighted by atomic mass is 9.96. The number of likely N-dealkylation sites (tertiary alicyclic amines) is 2. The molecule has 0 bridgehead atoms. The molecule has 6 heteroatoms. The van der Waals surface area contributed by atoms with Gasteiger partial charge >= 0.3 is 0 Å². The van der Waals surface area contributed by atoms with E-state index in [9.17, 15) is 9.59 Å². The van der Waals surface area contributed by atoms with E-state index in [1.165, 1.54) is 0 Å². The van der Waals surface area contributed by atoms with Crippen molar-refractivity contribution in [1.82, 2.24) is 14.8 Å². The van der Waals surface area contributed by atoms with E-state index in [-0.39, 0.29) is 5.91 Å². The van der Waals surface area contributed by atoms with Crippen molar-refractivity contribution in [2.45, 2.75) is 39.5 Å². The number of nitrogens with zero attached hydrogens (tertiary/aromatic N) is 4. The number of hydrogen-bond donors (Lipinski definition) is 0. The van der Waals surface area contributed by atoms with Crippen molar-refractivity contribution in [2.24, 2.45) is 5.92 Å². The third-order valence-corrected chi connectivity index (χ3v) is 5.63. The predicted molar refractivity (Wildman–Crippen MR) is 102 cm³/mol. The summed E-state index contributed by atoms with van der Waals surface area (Å²) < 4.78 is 0. The molecule has 0 spiro atoms. The Morgan fingerprint density at radius 1 is 1.19 bits per heavy atom. The average molecular weight is 358 g/mol. The fraction of sp³-hybridized carbons (Fsp3) is 0.650. The summed E-state index contributed by atoms with van der Waals surface area (Å²) in [4.78, 5) is 35.1. The van der Waals surface area contributed by atoms with Gasteiger partial charge < -0.3 is 14.7 Å². The molecular formula is C20H30N4O2. The van der Waals surface area contributed by atoms with Gasteiger partial charge in [0.2, 0.25) is 5.91 Å². The van der Waals surface area contributed by atoms with Crippen molar-refractivity contribution in [3.05, 3.63) is 23.9 Å². The molecule has 0 atom stereocenters. The number of aromatic nitrogens is 1. The molecule has 0 aromatic carbocycles. The summed E-state index contributed by atoms with van der Waals surface area (Å²) in [6.07, 6.45) is 5.34. The normalized spacial score (nSPS) is 18.5. The minimum absolute atomic E-state index is 0.0688. The first kappa shape index (κ1) is 18.7. The molecule has 1 aromatic heterocycles. The van der Waals surface area contributed by atoms with Gasteiger partial charge in [0.25, 0.3) is 5.91 Å². The first-order valence-electron chi connectivity index (χ1n) is 9.90. The number of rotatable bonds is 6. The number of amides is 2. The zero-order valence-corrected chi connectivity index (χ0v) is 16.0. The average Bonchev–Trinajstić information content (AvgIpc) is 3.08. The van der Waals surface area contributed by atoms with E-state index < -0.39 is 0 Å². The maximum absolute atomic E-state index is 12.7. The first-order chi connectivity index (χ1) is 12.6. The van der Waals surface area contributed by atoms with Gasteiger partial charge in [0.05, 0.1) is 5.56 Å². The second kappa shape index (κ2) is 8.52. The SMILES string of the molecule is CCN(CC)c1ccc(C(=O)N2CCC(CN3CCCC3=O)CC2)cn1. The molecule has 2 aliphatic rings. The van der Waals surface area contributed by atoms with Crippen LogP contribution in [-0.2, 0) is 4.79 Å². The lowest BCUT2D eigenvalue weighted by Crippen LogP contribution is -2.42. The number of pyridine rings is 1. The summed E-state index contributed by atoms with van der Waals surface area (Å²) in [5.74, 6) is 1.80. The van der Waals surface area contributed by atoms with E-state index in [4.69, 9.17) is 0 Å². The lowest BCUT2D eigenvalue weighted by molar-refractivity contribution is -0.128. The van der Waals surface area contributed by atoms with Crippen molar-refractivity contribution in [3.8, 4) is 0 Å². The van der Waals surface area contributed by atoms with Crippen LogP contribution in [-0.4, -0.2) is 65.9 Å². The Hall–Kier alpha value is -2.11. The van der Waals surface area contributed by atoms with Gasteiger partial charge in [-0.2, -0.15) is 0 Å². The fourth-order valence-electron chi connectivity index (χ4n) is 3.96. The Balaban J connectivity index is 1.52. The van der Waals surface area contributed by atoms with Crippen LogP contribution < -0.4 is 4.90 Å². The van der Waals surface area contributed by atoms with Gasteiger partial charge in [0.1, 0.15) is 5.82 Å². The van der Waals surface area contributed by atoms with Gasteiger partial charge in [-0.05, 0) is 51.2 Å². The van der Waals surface area contributed by atoms with Crippen molar-refractivity contribution >= 4 is 17.6 Å². The molecule has 142 valence electrons. The van der Waals surface area contributed by atoms with Gasteiger partial charge in [-0.1, -0.05) is 0 Å². The van der Waals surface area contributed by atoms with Gasteiger partial charge in [0, 0.05) is 51.9 Å². The highest BCUT2D eigenvalue weighted by Gasteiger charge is 2.28. The highest BCUT2D eigenvalue weighted by Crippen LogP contribution is 2.22. The number of carbonyl (C=O) groups excluding carboxylic acids is 2. The molecule has 1 aromatic rings. The molecule has 2 aliphatic heterocycles. The monoisotopic (exact) mass is 358 g/mol. The van der Waals surface area contributed by atoms with Crippen LogP contribution in [0.2, 0.25) is 0 Å². The zero-order chi connectivity index (χ0) is 18.5. The molecule has 0 unspecified atom stereocenters. The van der Waals surface area contributed by atoms with Crippen LogP contribution in [0.3, 0.4) is 0 Å². The summed E-state index contributed by atoms with van der Waals surface area (Å²) in [6, 6.07) is 3.82. The molecule has 3 heterocycles. The molecule has 2 amide bonds. The van der Waals surface area contributed by atoms with Gasteiger partial charge in [-0.25, -0.2) is 4.98 Å². The maximum atomic E-state index is 12.7. The van der Waals surface area contributed by atoms with E-state index in [0.29, 0.717) is 23.8 Å². The molecule has 0 radical (unpaired) electrons. The second-order valence-electron chi connectivity index (χ2n) is 7.26. The van der Waals surface area contributed by atoms with Crippen molar-refractivity contribution in [3.63, 3.8) is 0 Å². The lowest BCUT2D eigenvalue weighted by Gasteiger charge is -2.34. The van der Waals surface area contributed by atoms with E-state index in [1.807, 2.05) is 21.9 Å². The summed E-state index contributed by atoms with van der Waals surface area (Å²) in [7, 11) is 0. The third kappa shape index (κ3) is 4.17. The third-order valence-electron chi connectivity index (χ3n) is 5.63. The standard InChI is InChI=1S/C20H30N4O2/c1-3-22(4-2)18-8-7-17(14-21-18)20(26)23-12-9-16(10-13-23)15-24-11-5-6-19(24)25/h7-8,14,16H,3-6,9-13,15H2,1-2H3. The molecule has 0 N–H and O–H groups in total. The summed E-state index contributed by atoms with van der Waals surface area (Å²) in [6.45, 7) is 9.32. The topological polar surface area (TPSA) is 56.8 Å². The van der Waals surface area contributed by atoms with Crippen LogP contribution in [0.4, 0.5) is 5.82 Å². The molecule has 2 fully saturated rings. The number of carbonyl (C=O) groups is 2. The van der Waals surface area contributed by atoms with Crippen LogP contribution in [0.15, 0.2) is 18.3 Å². The Labute approximate surface area is 156 Å². The zero-order valence-electron chi connectivity index (χ0n) is 16.0. The van der Waals surface area contributed by atoms with E-state index in [0.717, 1.165) is 64.3 Å². The van der Waals surface area contributed by atoms with Crippen LogP contribution in [0, 0.1) is 5.92 Å². The number of hydrogen-bond acceptors (Lipinski definition) is 4. The molecule has 2 saturated heterocycles. The Morgan fingerprint density at radius 2 is 1.92 bits per heavy atom. The molecule has 26 heavy (non-hydrogen) atoms.